The lowest BCUT2D eigenvalue weighted by molar-refractivity contribution is -0.304. The van der Waals surface area contributed by atoms with Gasteiger partial charge in [-0.15, -0.1) is 0 Å². The maximum Gasteiger partial charge on any atom is 0.127 e. The third-order valence-corrected chi connectivity index (χ3v) is 5.25. The number of para-hydroxylation sites is 1. The van der Waals surface area contributed by atoms with Crippen molar-refractivity contribution in [3.05, 3.63) is 89.6 Å². The number of aromatic amines is 1. The fourth-order valence-electron chi connectivity index (χ4n) is 3.77. The molecule has 5 heteroatoms. The first-order chi connectivity index (χ1) is 15.6. The zero-order valence-electron chi connectivity index (χ0n) is 18.1. The number of fused-ring (bicyclic) bond motifs is 1. The Kier molecular flexibility index (Phi) is 6.75. The Labute approximate surface area is 187 Å². The molecule has 0 radical (unpaired) electrons. The smallest absolute Gasteiger partial charge is 0.127 e. The lowest BCUT2D eigenvalue weighted by Gasteiger charge is -2.13. The van der Waals surface area contributed by atoms with E-state index in [1.807, 2.05) is 72.8 Å². The van der Waals surface area contributed by atoms with E-state index in [1.165, 1.54) is 0 Å². The standard InChI is InChI=1S/C27H27NO4/c1-2-6-20-18-24(32-23-7-4-3-5-8-23)10-12-26(20)31-14-13-22-17-21-15-19(16-27(29)30)9-11-25(21)28-22/h3-5,7-12,15,17-18,28H,2,6,13-14,16H2,1H3,(H,29,30)/p-1. The SMILES string of the molecule is CCCc1cc(Oc2ccccc2)ccc1OCCc1cc2cc(CC(=O)[O-])ccc2[nH]1. The largest absolute Gasteiger partial charge is 0.550 e. The summed E-state index contributed by atoms with van der Waals surface area (Å²) in [5, 5.41) is 11.8. The molecule has 4 aromatic rings. The van der Waals surface area contributed by atoms with Gasteiger partial charge in [0.15, 0.2) is 0 Å². The van der Waals surface area contributed by atoms with Gasteiger partial charge in [-0.05, 0) is 71.5 Å². The molecule has 32 heavy (non-hydrogen) atoms. The minimum atomic E-state index is -1.07. The highest BCUT2D eigenvalue weighted by Gasteiger charge is 2.08. The summed E-state index contributed by atoms with van der Waals surface area (Å²) in [5.74, 6) is 1.41. The van der Waals surface area contributed by atoms with Gasteiger partial charge in [0.1, 0.15) is 17.2 Å². The summed E-state index contributed by atoms with van der Waals surface area (Å²) in [4.78, 5) is 14.2. The Bertz CT molecular complexity index is 1200. The number of hydrogen-bond donors (Lipinski definition) is 1. The first kappa shape index (κ1) is 21.5. The molecule has 0 amide bonds. The van der Waals surface area contributed by atoms with Crippen molar-refractivity contribution in [2.45, 2.75) is 32.6 Å². The van der Waals surface area contributed by atoms with Crippen molar-refractivity contribution in [3.8, 4) is 17.2 Å². The van der Waals surface area contributed by atoms with Crippen molar-refractivity contribution in [1.29, 1.82) is 0 Å². The molecule has 164 valence electrons. The molecule has 4 rings (SSSR count). The number of rotatable bonds is 10. The number of aliphatic carboxylic acids is 1. The van der Waals surface area contributed by atoms with E-state index in [2.05, 4.69) is 11.9 Å². The fourth-order valence-corrected chi connectivity index (χ4v) is 3.77. The van der Waals surface area contributed by atoms with Crippen molar-refractivity contribution in [2.75, 3.05) is 6.61 Å². The van der Waals surface area contributed by atoms with Crippen LogP contribution in [0.1, 0.15) is 30.2 Å². The van der Waals surface area contributed by atoms with Gasteiger partial charge in [0.2, 0.25) is 0 Å². The van der Waals surface area contributed by atoms with Crippen LogP contribution in [-0.2, 0) is 24.1 Å². The van der Waals surface area contributed by atoms with Crippen molar-refractivity contribution >= 4 is 16.9 Å². The molecular formula is C27H26NO4-. The first-order valence-electron chi connectivity index (χ1n) is 10.9. The summed E-state index contributed by atoms with van der Waals surface area (Å²) < 4.78 is 12.1. The molecular weight excluding hydrogens is 402 g/mol. The molecule has 0 fully saturated rings. The van der Waals surface area contributed by atoms with Crippen LogP contribution in [0.5, 0.6) is 17.2 Å². The van der Waals surface area contributed by atoms with Crippen LogP contribution < -0.4 is 14.6 Å². The maximum absolute atomic E-state index is 10.8. The zero-order chi connectivity index (χ0) is 22.3. The highest BCUT2D eigenvalue weighted by Crippen LogP contribution is 2.29. The predicted octanol–water partition coefficient (Wildman–Crippen LogP) is 4.83. The second kappa shape index (κ2) is 10.1. The second-order valence-corrected chi connectivity index (χ2v) is 7.80. The van der Waals surface area contributed by atoms with Crippen molar-refractivity contribution in [1.82, 2.24) is 4.98 Å². The normalized spacial score (nSPS) is 10.9. The van der Waals surface area contributed by atoms with Crippen LogP contribution >= 0.6 is 0 Å². The van der Waals surface area contributed by atoms with E-state index in [-0.39, 0.29) is 6.42 Å². The van der Waals surface area contributed by atoms with Gasteiger partial charge in [-0.1, -0.05) is 37.6 Å². The topological polar surface area (TPSA) is 74.4 Å². The lowest BCUT2D eigenvalue weighted by atomic mass is 10.1. The van der Waals surface area contributed by atoms with Crippen molar-refractivity contribution in [3.63, 3.8) is 0 Å². The van der Waals surface area contributed by atoms with Crippen LogP contribution in [0, 0.1) is 0 Å². The molecule has 1 aromatic heterocycles. The molecule has 0 aliphatic heterocycles. The fraction of sp³-hybridized carbons (Fsp3) is 0.222. The monoisotopic (exact) mass is 428 g/mol. The highest BCUT2D eigenvalue weighted by molar-refractivity contribution is 5.82. The van der Waals surface area contributed by atoms with Gasteiger partial charge in [-0.25, -0.2) is 0 Å². The molecule has 0 aliphatic rings. The van der Waals surface area contributed by atoms with E-state index in [1.54, 1.807) is 0 Å². The number of ether oxygens (including phenoxy) is 2. The van der Waals surface area contributed by atoms with Crippen molar-refractivity contribution in [2.24, 2.45) is 0 Å². The molecule has 0 unspecified atom stereocenters. The van der Waals surface area contributed by atoms with Crippen LogP contribution in [0.15, 0.2) is 72.8 Å². The van der Waals surface area contributed by atoms with E-state index in [0.29, 0.717) is 6.61 Å². The summed E-state index contributed by atoms with van der Waals surface area (Å²) in [7, 11) is 0. The Morgan fingerprint density at radius 3 is 2.56 bits per heavy atom. The number of H-pyrrole nitrogens is 1. The van der Waals surface area contributed by atoms with Gasteiger partial charge in [-0.2, -0.15) is 0 Å². The van der Waals surface area contributed by atoms with Crippen LogP contribution in [0.2, 0.25) is 0 Å². The molecule has 0 bridgehead atoms. The number of hydrogen-bond acceptors (Lipinski definition) is 4. The Balaban J connectivity index is 1.41. The number of benzene rings is 3. The number of aromatic nitrogens is 1. The Hall–Kier alpha value is -3.73. The molecule has 0 spiro atoms. The van der Waals surface area contributed by atoms with Crippen molar-refractivity contribution < 1.29 is 19.4 Å². The van der Waals surface area contributed by atoms with Gasteiger partial charge in [-0.3, -0.25) is 0 Å². The summed E-state index contributed by atoms with van der Waals surface area (Å²) in [5.41, 5.74) is 3.90. The number of carbonyl (C=O) groups is 1. The Morgan fingerprint density at radius 1 is 0.938 bits per heavy atom. The molecule has 3 aromatic carbocycles. The minimum absolute atomic E-state index is 0.0796. The molecule has 1 N–H and O–H groups in total. The number of carboxylic acids is 1. The maximum atomic E-state index is 10.8. The summed E-state index contributed by atoms with van der Waals surface area (Å²) in [6, 6.07) is 23.3. The molecule has 0 aliphatic carbocycles. The highest BCUT2D eigenvalue weighted by atomic mass is 16.5. The van der Waals surface area contributed by atoms with Crippen LogP contribution in [0.25, 0.3) is 10.9 Å². The minimum Gasteiger partial charge on any atom is -0.550 e. The quantitative estimate of drug-likeness (QED) is 0.393. The summed E-state index contributed by atoms with van der Waals surface area (Å²) in [6.07, 6.45) is 2.57. The molecule has 1 heterocycles. The first-order valence-corrected chi connectivity index (χ1v) is 10.9. The molecule has 5 nitrogen and oxygen atoms in total. The van der Waals surface area contributed by atoms with E-state index in [4.69, 9.17) is 9.47 Å². The average Bonchev–Trinajstić information content (AvgIpc) is 3.18. The lowest BCUT2D eigenvalue weighted by Crippen LogP contribution is -2.24. The van der Waals surface area contributed by atoms with E-state index in [9.17, 15) is 9.90 Å². The summed E-state index contributed by atoms with van der Waals surface area (Å²) in [6.45, 7) is 2.68. The Morgan fingerprint density at radius 2 is 1.78 bits per heavy atom. The van der Waals surface area contributed by atoms with Gasteiger partial charge < -0.3 is 24.4 Å². The summed E-state index contributed by atoms with van der Waals surface area (Å²) >= 11 is 0. The number of nitrogens with one attached hydrogen (secondary N) is 1. The molecule has 0 atom stereocenters. The number of aryl methyl sites for hydroxylation is 1. The van der Waals surface area contributed by atoms with Crippen LogP contribution in [0.3, 0.4) is 0 Å². The second-order valence-electron chi connectivity index (χ2n) is 7.80. The average molecular weight is 429 g/mol. The number of carboxylic acid groups (broad SMARTS) is 1. The van der Waals surface area contributed by atoms with E-state index >= 15 is 0 Å². The molecule has 0 saturated heterocycles. The van der Waals surface area contributed by atoms with Gasteiger partial charge in [0, 0.05) is 30.0 Å². The third-order valence-electron chi connectivity index (χ3n) is 5.25. The van der Waals surface area contributed by atoms with Crippen LogP contribution in [0.4, 0.5) is 0 Å². The number of carbonyl (C=O) groups excluding carboxylic acids is 1. The van der Waals surface area contributed by atoms with Gasteiger partial charge in [0.05, 0.1) is 6.61 Å². The zero-order valence-corrected chi connectivity index (χ0v) is 18.1. The van der Waals surface area contributed by atoms with E-state index < -0.39 is 5.97 Å². The van der Waals surface area contributed by atoms with E-state index in [0.717, 1.165) is 64.2 Å². The van der Waals surface area contributed by atoms with Gasteiger partial charge in [0.25, 0.3) is 0 Å². The third kappa shape index (κ3) is 5.49. The van der Waals surface area contributed by atoms with Gasteiger partial charge >= 0.3 is 0 Å². The van der Waals surface area contributed by atoms with Crippen LogP contribution in [-0.4, -0.2) is 17.6 Å². The molecule has 0 saturated carbocycles. The predicted molar refractivity (Wildman–Crippen MR) is 123 cm³/mol.